The summed E-state index contributed by atoms with van der Waals surface area (Å²) in [6.07, 6.45) is 3.19. The van der Waals surface area contributed by atoms with Gasteiger partial charge in [0.25, 0.3) is 5.69 Å². The van der Waals surface area contributed by atoms with Gasteiger partial charge in [0.2, 0.25) is 0 Å². The van der Waals surface area contributed by atoms with Gasteiger partial charge in [-0.15, -0.1) is 13.2 Å². The first-order valence-electron chi connectivity index (χ1n) is 5.11. The van der Waals surface area contributed by atoms with Crippen LogP contribution in [0.3, 0.4) is 0 Å². The molecule has 0 amide bonds. The molecule has 0 fully saturated rings. The number of hydrogen-bond donors (Lipinski definition) is 0. The van der Waals surface area contributed by atoms with Crippen molar-refractivity contribution in [2.75, 3.05) is 18.0 Å². The Labute approximate surface area is 109 Å². The first-order valence-corrected chi connectivity index (χ1v) is 5.49. The van der Waals surface area contributed by atoms with Gasteiger partial charge < -0.3 is 4.90 Å². The van der Waals surface area contributed by atoms with Crippen LogP contribution in [0.4, 0.5) is 15.8 Å². The number of benzene rings is 1. The predicted molar refractivity (Wildman–Crippen MR) is 70.7 cm³/mol. The molecule has 4 nitrogen and oxygen atoms in total. The van der Waals surface area contributed by atoms with Gasteiger partial charge in [-0.05, 0) is 6.07 Å². The first kappa shape index (κ1) is 14.2. The van der Waals surface area contributed by atoms with Crippen molar-refractivity contribution in [2.24, 2.45) is 0 Å². The average Bonchev–Trinajstić information content (AvgIpc) is 2.31. The summed E-state index contributed by atoms with van der Waals surface area (Å²) in [7, 11) is 0. The lowest BCUT2D eigenvalue weighted by molar-refractivity contribution is -0.384. The smallest absolute Gasteiger partial charge is 0.290 e. The molecule has 0 unspecified atom stereocenters. The molecule has 0 saturated heterocycles. The van der Waals surface area contributed by atoms with Crippen molar-refractivity contribution in [3.8, 4) is 0 Å². The summed E-state index contributed by atoms with van der Waals surface area (Å²) in [6.45, 7) is 7.90. The quantitative estimate of drug-likeness (QED) is 0.451. The molecule has 1 aromatic carbocycles. The van der Waals surface area contributed by atoms with E-state index >= 15 is 0 Å². The molecule has 0 N–H and O–H groups in total. The summed E-state index contributed by atoms with van der Waals surface area (Å²) >= 11 is 5.75. The lowest BCUT2D eigenvalue weighted by atomic mass is 10.2. The number of anilines is 1. The van der Waals surface area contributed by atoms with E-state index in [1.165, 1.54) is 6.07 Å². The van der Waals surface area contributed by atoms with Gasteiger partial charge in [-0.1, -0.05) is 23.8 Å². The topological polar surface area (TPSA) is 46.4 Å². The Morgan fingerprint density at radius 3 is 2.39 bits per heavy atom. The maximum Gasteiger partial charge on any atom is 0.290 e. The molecule has 0 spiro atoms. The van der Waals surface area contributed by atoms with Gasteiger partial charge in [0.1, 0.15) is 5.02 Å². The van der Waals surface area contributed by atoms with Crippen LogP contribution in [0.15, 0.2) is 37.4 Å². The van der Waals surface area contributed by atoms with Gasteiger partial charge in [-0.2, -0.15) is 0 Å². The third-order valence-corrected chi connectivity index (χ3v) is 2.56. The highest BCUT2D eigenvalue weighted by Gasteiger charge is 2.19. The lowest BCUT2D eigenvalue weighted by Gasteiger charge is -2.22. The van der Waals surface area contributed by atoms with Crippen LogP contribution in [0.2, 0.25) is 5.02 Å². The monoisotopic (exact) mass is 270 g/mol. The summed E-state index contributed by atoms with van der Waals surface area (Å²) in [5.74, 6) is -0.699. The Kier molecular flexibility index (Phi) is 4.85. The summed E-state index contributed by atoms with van der Waals surface area (Å²) in [5.41, 5.74) is -0.263. The van der Waals surface area contributed by atoms with Crippen molar-refractivity contribution in [1.82, 2.24) is 0 Å². The molecule has 0 aliphatic rings. The van der Waals surface area contributed by atoms with Crippen LogP contribution < -0.4 is 4.90 Å². The third-order valence-electron chi connectivity index (χ3n) is 2.25. The predicted octanol–water partition coefficient (Wildman–Crippen LogP) is 3.57. The molecule has 18 heavy (non-hydrogen) atoms. The normalized spacial score (nSPS) is 9.89. The number of hydrogen-bond acceptors (Lipinski definition) is 3. The summed E-state index contributed by atoms with van der Waals surface area (Å²) in [6, 6.07) is 2.05. The van der Waals surface area contributed by atoms with Gasteiger partial charge in [-0.3, -0.25) is 10.1 Å². The fourth-order valence-electron chi connectivity index (χ4n) is 1.49. The Bertz CT molecular complexity index is 481. The third kappa shape index (κ3) is 3.07. The van der Waals surface area contributed by atoms with E-state index in [0.717, 1.165) is 6.07 Å². The zero-order chi connectivity index (χ0) is 13.7. The van der Waals surface area contributed by atoms with E-state index in [1.54, 1.807) is 17.1 Å². The van der Waals surface area contributed by atoms with Crippen molar-refractivity contribution < 1.29 is 9.31 Å². The largest absolute Gasteiger partial charge is 0.362 e. The molecule has 0 heterocycles. The van der Waals surface area contributed by atoms with Crippen molar-refractivity contribution in [2.45, 2.75) is 0 Å². The maximum absolute atomic E-state index is 13.8. The van der Waals surface area contributed by atoms with Gasteiger partial charge in [0.15, 0.2) is 5.82 Å². The van der Waals surface area contributed by atoms with Crippen LogP contribution in [0.25, 0.3) is 0 Å². The second kappa shape index (κ2) is 6.16. The number of rotatable bonds is 6. The van der Waals surface area contributed by atoms with Crippen molar-refractivity contribution in [1.29, 1.82) is 0 Å². The Hall–Kier alpha value is -1.88. The van der Waals surface area contributed by atoms with E-state index in [4.69, 9.17) is 11.6 Å². The molecule has 6 heteroatoms. The van der Waals surface area contributed by atoms with Crippen molar-refractivity contribution >= 4 is 23.0 Å². The van der Waals surface area contributed by atoms with Crippen LogP contribution in [-0.4, -0.2) is 18.0 Å². The SMILES string of the molecule is C=CCN(CC=C)c1cc(Cl)c([N+](=O)[O-])cc1F. The molecule has 96 valence electrons. The summed E-state index contributed by atoms with van der Waals surface area (Å²) < 4.78 is 13.8. The molecule has 0 aromatic heterocycles. The van der Waals surface area contributed by atoms with E-state index in [-0.39, 0.29) is 10.7 Å². The fourth-order valence-corrected chi connectivity index (χ4v) is 1.72. The van der Waals surface area contributed by atoms with E-state index in [2.05, 4.69) is 13.2 Å². The zero-order valence-corrected chi connectivity index (χ0v) is 10.4. The molecule has 0 saturated carbocycles. The Balaban J connectivity index is 3.23. The average molecular weight is 271 g/mol. The Morgan fingerprint density at radius 2 is 1.94 bits per heavy atom. The molecular formula is C12H12ClFN2O2. The van der Waals surface area contributed by atoms with Crippen LogP contribution in [0.1, 0.15) is 0 Å². The first-order chi connectivity index (χ1) is 8.51. The molecule has 1 aromatic rings. The van der Waals surface area contributed by atoms with Gasteiger partial charge in [0, 0.05) is 13.1 Å². The van der Waals surface area contributed by atoms with E-state index < -0.39 is 16.4 Å². The van der Waals surface area contributed by atoms with E-state index in [9.17, 15) is 14.5 Å². The molecule has 0 aliphatic heterocycles. The molecule has 0 aliphatic carbocycles. The molecule has 0 radical (unpaired) electrons. The van der Waals surface area contributed by atoms with Gasteiger partial charge in [0.05, 0.1) is 16.7 Å². The highest BCUT2D eigenvalue weighted by molar-refractivity contribution is 6.32. The van der Waals surface area contributed by atoms with Crippen LogP contribution in [-0.2, 0) is 0 Å². The van der Waals surface area contributed by atoms with Crippen molar-refractivity contribution in [3.63, 3.8) is 0 Å². The molecule has 0 atom stereocenters. The lowest BCUT2D eigenvalue weighted by Crippen LogP contribution is -2.24. The second-order valence-electron chi connectivity index (χ2n) is 3.49. The minimum absolute atomic E-state index is 0.102. The zero-order valence-electron chi connectivity index (χ0n) is 9.60. The van der Waals surface area contributed by atoms with Crippen LogP contribution >= 0.6 is 11.6 Å². The maximum atomic E-state index is 13.8. The fraction of sp³-hybridized carbons (Fsp3) is 0.167. The summed E-state index contributed by atoms with van der Waals surface area (Å²) in [5, 5.41) is 10.5. The minimum Gasteiger partial charge on any atom is -0.362 e. The standard InChI is InChI=1S/C12H12ClFN2O2/c1-3-5-15(6-4-2)12-7-9(13)11(16(17)18)8-10(12)14/h3-4,7-8H,1-2,5-6H2. The van der Waals surface area contributed by atoms with Gasteiger partial charge >= 0.3 is 0 Å². The van der Waals surface area contributed by atoms with Crippen molar-refractivity contribution in [3.05, 3.63) is 58.4 Å². The highest BCUT2D eigenvalue weighted by Crippen LogP contribution is 2.31. The molecule has 0 bridgehead atoms. The molecular weight excluding hydrogens is 259 g/mol. The highest BCUT2D eigenvalue weighted by atomic mass is 35.5. The molecule has 1 rings (SSSR count). The van der Waals surface area contributed by atoms with Gasteiger partial charge in [-0.25, -0.2) is 4.39 Å². The summed E-state index contributed by atoms with van der Waals surface area (Å²) in [4.78, 5) is 11.5. The second-order valence-corrected chi connectivity index (χ2v) is 3.90. The van der Waals surface area contributed by atoms with E-state index in [0.29, 0.717) is 13.1 Å². The number of halogens is 2. The van der Waals surface area contributed by atoms with E-state index in [1.807, 2.05) is 0 Å². The number of nitro benzene ring substituents is 1. The number of nitro groups is 1. The number of nitrogens with zero attached hydrogens (tertiary/aromatic N) is 2. The Morgan fingerprint density at radius 1 is 1.39 bits per heavy atom. The van der Waals surface area contributed by atoms with Crippen LogP contribution in [0.5, 0.6) is 0 Å². The van der Waals surface area contributed by atoms with Crippen LogP contribution in [0, 0.1) is 15.9 Å². The minimum atomic E-state index is -0.722.